The van der Waals surface area contributed by atoms with Crippen LogP contribution in [-0.4, -0.2) is 29.3 Å². The van der Waals surface area contributed by atoms with E-state index in [9.17, 15) is 5.11 Å². The minimum absolute atomic E-state index is 0.143. The summed E-state index contributed by atoms with van der Waals surface area (Å²) in [5.74, 6) is 1.20. The quantitative estimate of drug-likeness (QED) is 0.859. The van der Waals surface area contributed by atoms with Gasteiger partial charge in [-0.1, -0.05) is 35.3 Å². The van der Waals surface area contributed by atoms with E-state index in [2.05, 4.69) is 10.3 Å². The predicted octanol–water partition coefficient (Wildman–Crippen LogP) is 3.24. The van der Waals surface area contributed by atoms with E-state index in [1.165, 1.54) is 6.20 Å². The van der Waals surface area contributed by atoms with Crippen LogP contribution < -0.4 is 10.1 Å². The van der Waals surface area contributed by atoms with Gasteiger partial charge in [-0.05, 0) is 24.3 Å². The first-order valence-corrected chi connectivity index (χ1v) is 6.81. The molecule has 1 aromatic heterocycles. The summed E-state index contributed by atoms with van der Waals surface area (Å²) in [6, 6.07) is 10.6. The molecule has 4 nitrogen and oxygen atoms in total. The van der Waals surface area contributed by atoms with Crippen LogP contribution in [0.2, 0.25) is 10.0 Å². The average molecular weight is 313 g/mol. The van der Waals surface area contributed by atoms with Gasteiger partial charge in [0.1, 0.15) is 24.3 Å². The molecule has 20 heavy (non-hydrogen) atoms. The molecule has 2 rings (SSSR count). The first-order valence-electron chi connectivity index (χ1n) is 6.06. The smallest absolute Gasteiger partial charge is 0.138 e. The highest BCUT2D eigenvalue weighted by Crippen LogP contribution is 2.23. The van der Waals surface area contributed by atoms with Crippen LogP contribution in [0.25, 0.3) is 0 Å². The summed E-state index contributed by atoms with van der Waals surface area (Å²) in [6.07, 6.45) is 0.861. The van der Waals surface area contributed by atoms with Gasteiger partial charge in [0.05, 0.1) is 10.0 Å². The second-order valence-electron chi connectivity index (χ2n) is 4.14. The lowest BCUT2D eigenvalue weighted by Crippen LogP contribution is -2.26. The van der Waals surface area contributed by atoms with Gasteiger partial charge in [0, 0.05) is 12.7 Å². The van der Waals surface area contributed by atoms with Crippen molar-refractivity contribution < 1.29 is 9.84 Å². The number of halogens is 2. The zero-order chi connectivity index (χ0) is 14.4. The third-order valence-corrected chi connectivity index (χ3v) is 3.05. The molecule has 2 N–H and O–H groups in total. The summed E-state index contributed by atoms with van der Waals surface area (Å²) in [5.41, 5.74) is 0. The summed E-state index contributed by atoms with van der Waals surface area (Å²) < 4.78 is 5.44. The molecule has 0 aliphatic heterocycles. The second-order valence-corrected chi connectivity index (χ2v) is 4.98. The number of nitrogens with one attached hydrogen (secondary N) is 1. The molecule has 0 unspecified atom stereocenters. The van der Waals surface area contributed by atoms with E-state index < -0.39 is 6.10 Å². The van der Waals surface area contributed by atoms with Crippen molar-refractivity contribution in [3.63, 3.8) is 0 Å². The summed E-state index contributed by atoms with van der Waals surface area (Å²) in [5, 5.41) is 13.9. The Morgan fingerprint density at radius 3 is 2.70 bits per heavy atom. The zero-order valence-corrected chi connectivity index (χ0v) is 12.1. The van der Waals surface area contributed by atoms with E-state index in [0.717, 1.165) is 0 Å². The van der Waals surface area contributed by atoms with Gasteiger partial charge in [-0.15, -0.1) is 0 Å². The normalized spacial score (nSPS) is 11.9. The standard InChI is InChI=1S/C14H14Cl2N2O2/c15-10-5-6-14(17-7-10)18-8-11(19)9-20-13-4-2-1-3-12(13)16/h1-7,11,19H,8-9H2,(H,17,18)/t11-/m0/s1. The minimum atomic E-state index is -0.677. The van der Waals surface area contributed by atoms with Crippen LogP contribution in [0.3, 0.4) is 0 Å². The number of benzene rings is 1. The van der Waals surface area contributed by atoms with E-state index in [4.69, 9.17) is 27.9 Å². The van der Waals surface area contributed by atoms with Crippen molar-refractivity contribution >= 4 is 29.0 Å². The van der Waals surface area contributed by atoms with Gasteiger partial charge < -0.3 is 15.2 Å². The van der Waals surface area contributed by atoms with Crippen molar-refractivity contribution in [1.82, 2.24) is 4.98 Å². The Kier molecular flexibility index (Phi) is 5.47. The van der Waals surface area contributed by atoms with Crippen molar-refractivity contribution in [2.45, 2.75) is 6.10 Å². The average Bonchev–Trinajstić information content (AvgIpc) is 2.46. The van der Waals surface area contributed by atoms with E-state index in [1.807, 2.05) is 12.1 Å². The molecule has 106 valence electrons. The Bertz CT molecular complexity index is 549. The zero-order valence-electron chi connectivity index (χ0n) is 10.6. The van der Waals surface area contributed by atoms with Crippen LogP contribution in [0.1, 0.15) is 0 Å². The molecule has 0 spiro atoms. The number of rotatable bonds is 6. The highest BCUT2D eigenvalue weighted by Gasteiger charge is 2.07. The largest absolute Gasteiger partial charge is 0.489 e. The molecule has 1 aromatic carbocycles. The first kappa shape index (κ1) is 14.9. The van der Waals surface area contributed by atoms with Crippen LogP contribution in [-0.2, 0) is 0 Å². The molecule has 2 aromatic rings. The lowest BCUT2D eigenvalue weighted by atomic mass is 10.3. The molecule has 0 aliphatic carbocycles. The highest BCUT2D eigenvalue weighted by atomic mass is 35.5. The lowest BCUT2D eigenvalue weighted by Gasteiger charge is -2.14. The van der Waals surface area contributed by atoms with Gasteiger partial charge in [0.15, 0.2) is 0 Å². The van der Waals surface area contributed by atoms with E-state index in [1.54, 1.807) is 24.3 Å². The second kappa shape index (κ2) is 7.33. The van der Waals surface area contributed by atoms with E-state index in [0.29, 0.717) is 28.2 Å². The number of hydrogen-bond donors (Lipinski definition) is 2. The number of nitrogens with zero attached hydrogens (tertiary/aromatic N) is 1. The fourth-order valence-corrected chi connectivity index (χ4v) is 1.81. The molecule has 0 fully saturated rings. The van der Waals surface area contributed by atoms with Crippen LogP contribution in [0.5, 0.6) is 5.75 Å². The molecule has 0 saturated heterocycles. The van der Waals surface area contributed by atoms with Gasteiger partial charge in [0.25, 0.3) is 0 Å². The fraction of sp³-hybridized carbons (Fsp3) is 0.214. The van der Waals surface area contributed by atoms with Crippen molar-refractivity contribution in [3.8, 4) is 5.75 Å². The lowest BCUT2D eigenvalue weighted by molar-refractivity contribution is 0.117. The van der Waals surface area contributed by atoms with Gasteiger partial charge in [-0.3, -0.25) is 0 Å². The third kappa shape index (κ3) is 4.56. The Morgan fingerprint density at radius 1 is 1.20 bits per heavy atom. The maximum atomic E-state index is 9.83. The fourth-order valence-electron chi connectivity index (χ4n) is 1.51. The summed E-state index contributed by atoms with van der Waals surface area (Å²) in [6.45, 7) is 0.462. The van der Waals surface area contributed by atoms with Crippen LogP contribution in [0.15, 0.2) is 42.6 Å². The van der Waals surface area contributed by atoms with Crippen molar-refractivity contribution in [3.05, 3.63) is 52.6 Å². The van der Waals surface area contributed by atoms with Gasteiger partial charge in [0.2, 0.25) is 0 Å². The number of ether oxygens (including phenoxy) is 1. The van der Waals surface area contributed by atoms with Crippen LogP contribution in [0, 0.1) is 0 Å². The Hall–Kier alpha value is -1.49. The topological polar surface area (TPSA) is 54.4 Å². The minimum Gasteiger partial charge on any atom is -0.489 e. The summed E-state index contributed by atoms with van der Waals surface area (Å²) in [7, 11) is 0. The third-order valence-electron chi connectivity index (χ3n) is 2.51. The summed E-state index contributed by atoms with van der Waals surface area (Å²) >= 11 is 11.7. The summed E-state index contributed by atoms with van der Waals surface area (Å²) in [4.78, 5) is 4.07. The number of aromatic nitrogens is 1. The number of para-hydroxylation sites is 1. The SMILES string of the molecule is O[C@@H](CNc1ccc(Cl)cn1)COc1ccccc1Cl. The highest BCUT2D eigenvalue weighted by molar-refractivity contribution is 6.32. The Labute approximate surface area is 127 Å². The van der Waals surface area contributed by atoms with Gasteiger partial charge in [-0.2, -0.15) is 0 Å². The maximum absolute atomic E-state index is 9.83. The van der Waals surface area contributed by atoms with Crippen LogP contribution >= 0.6 is 23.2 Å². The van der Waals surface area contributed by atoms with Gasteiger partial charge >= 0.3 is 0 Å². The Morgan fingerprint density at radius 2 is 2.00 bits per heavy atom. The molecule has 0 radical (unpaired) electrons. The number of hydrogen-bond acceptors (Lipinski definition) is 4. The molecular formula is C14H14Cl2N2O2. The van der Waals surface area contributed by atoms with Gasteiger partial charge in [-0.25, -0.2) is 4.98 Å². The van der Waals surface area contributed by atoms with Crippen molar-refractivity contribution in [2.24, 2.45) is 0 Å². The van der Waals surface area contributed by atoms with E-state index in [-0.39, 0.29) is 6.61 Å². The van der Waals surface area contributed by atoms with Crippen LogP contribution in [0.4, 0.5) is 5.82 Å². The molecule has 0 saturated carbocycles. The maximum Gasteiger partial charge on any atom is 0.138 e. The molecule has 0 amide bonds. The van der Waals surface area contributed by atoms with E-state index >= 15 is 0 Å². The molecule has 0 bridgehead atoms. The van der Waals surface area contributed by atoms with Crippen molar-refractivity contribution in [2.75, 3.05) is 18.5 Å². The molecule has 1 heterocycles. The number of aliphatic hydroxyl groups excluding tert-OH is 1. The number of aliphatic hydroxyl groups is 1. The first-order chi connectivity index (χ1) is 9.65. The Balaban J connectivity index is 1.77. The molecule has 1 atom stereocenters. The number of pyridine rings is 1. The molecule has 6 heteroatoms. The predicted molar refractivity (Wildman–Crippen MR) is 80.7 cm³/mol. The molecular weight excluding hydrogens is 299 g/mol. The van der Waals surface area contributed by atoms with Crippen molar-refractivity contribution in [1.29, 1.82) is 0 Å². The monoisotopic (exact) mass is 312 g/mol. The molecule has 0 aliphatic rings. The number of anilines is 1.